The van der Waals surface area contributed by atoms with Crippen LogP contribution < -0.4 is 17.0 Å². The van der Waals surface area contributed by atoms with Crippen LogP contribution in [-0.4, -0.2) is 9.55 Å². The minimum absolute atomic E-state index is 0.0106. The van der Waals surface area contributed by atoms with Gasteiger partial charge in [-0.25, -0.2) is 13.6 Å². The number of H-pyrrole nitrogens is 1. The van der Waals surface area contributed by atoms with Crippen molar-refractivity contribution >= 4 is 5.69 Å². The van der Waals surface area contributed by atoms with Crippen LogP contribution in [0.25, 0.3) is 0 Å². The van der Waals surface area contributed by atoms with Crippen molar-refractivity contribution in [2.45, 2.75) is 6.54 Å². The molecule has 0 saturated heterocycles. The predicted molar refractivity (Wildman–Crippen MR) is 61.2 cm³/mol. The highest BCUT2D eigenvalue weighted by molar-refractivity contribution is 5.30. The maximum Gasteiger partial charge on any atom is 0.328 e. The highest BCUT2D eigenvalue weighted by Crippen LogP contribution is 2.12. The zero-order valence-electron chi connectivity index (χ0n) is 9.11. The number of nitrogen functional groups attached to an aromatic ring is 1. The van der Waals surface area contributed by atoms with E-state index in [1.165, 1.54) is 12.1 Å². The standard InChI is InChI=1S/C11H9F2N3O2/c12-7-3-1-2-6(9(7)13)4-16-5-8(14)10(17)15-11(16)18/h1-3,5H,4,14H2,(H,15,17,18). The van der Waals surface area contributed by atoms with Crippen LogP contribution in [0.3, 0.4) is 0 Å². The summed E-state index contributed by atoms with van der Waals surface area (Å²) in [5.41, 5.74) is 3.70. The molecule has 0 saturated carbocycles. The predicted octanol–water partition coefficient (Wildman–Crippen LogP) is 0.445. The number of rotatable bonds is 2. The smallest absolute Gasteiger partial charge is 0.328 e. The number of aromatic amines is 1. The molecule has 0 aliphatic carbocycles. The summed E-state index contributed by atoms with van der Waals surface area (Å²) in [7, 11) is 0. The lowest BCUT2D eigenvalue weighted by Gasteiger charge is -2.07. The van der Waals surface area contributed by atoms with Gasteiger partial charge in [-0.1, -0.05) is 12.1 Å². The Balaban J connectivity index is 2.47. The van der Waals surface area contributed by atoms with E-state index in [2.05, 4.69) is 0 Å². The topological polar surface area (TPSA) is 80.9 Å². The molecule has 1 aromatic heterocycles. The molecule has 1 aromatic carbocycles. The van der Waals surface area contributed by atoms with Crippen LogP contribution in [0.5, 0.6) is 0 Å². The number of benzene rings is 1. The first kappa shape index (κ1) is 12.0. The third-order valence-electron chi connectivity index (χ3n) is 2.41. The van der Waals surface area contributed by atoms with Crippen LogP contribution in [0.4, 0.5) is 14.5 Å². The van der Waals surface area contributed by atoms with Crippen molar-refractivity contribution in [3.8, 4) is 0 Å². The van der Waals surface area contributed by atoms with Crippen molar-refractivity contribution in [3.63, 3.8) is 0 Å². The van der Waals surface area contributed by atoms with Gasteiger partial charge in [-0.05, 0) is 6.07 Å². The van der Waals surface area contributed by atoms with Gasteiger partial charge in [0.2, 0.25) is 0 Å². The van der Waals surface area contributed by atoms with Crippen LogP contribution in [0.1, 0.15) is 5.56 Å². The van der Waals surface area contributed by atoms with E-state index < -0.39 is 22.9 Å². The molecule has 0 aliphatic heterocycles. The van der Waals surface area contributed by atoms with E-state index in [1.807, 2.05) is 4.98 Å². The van der Waals surface area contributed by atoms with Crippen LogP contribution in [0.2, 0.25) is 0 Å². The van der Waals surface area contributed by atoms with Gasteiger partial charge in [0.15, 0.2) is 11.6 Å². The fourth-order valence-corrected chi connectivity index (χ4v) is 1.50. The molecule has 1 heterocycles. The molecule has 0 fully saturated rings. The van der Waals surface area contributed by atoms with E-state index in [1.54, 1.807) is 0 Å². The van der Waals surface area contributed by atoms with Crippen molar-refractivity contribution in [1.82, 2.24) is 9.55 Å². The van der Waals surface area contributed by atoms with Crippen molar-refractivity contribution in [3.05, 3.63) is 62.4 Å². The summed E-state index contributed by atoms with van der Waals surface area (Å²) >= 11 is 0. The zero-order chi connectivity index (χ0) is 13.3. The molecule has 18 heavy (non-hydrogen) atoms. The van der Waals surface area contributed by atoms with Crippen molar-refractivity contribution in [1.29, 1.82) is 0 Å². The number of nitrogens with zero attached hydrogens (tertiary/aromatic N) is 1. The quantitative estimate of drug-likeness (QED) is 0.815. The summed E-state index contributed by atoms with van der Waals surface area (Å²) in [6.07, 6.45) is 1.09. The highest BCUT2D eigenvalue weighted by atomic mass is 19.2. The van der Waals surface area contributed by atoms with E-state index in [4.69, 9.17) is 5.73 Å². The molecule has 2 aromatic rings. The lowest BCUT2D eigenvalue weighted by atomic mass is 10.2. The molecule has 0 amide bonds. The minimum atomic E-state index is -1.03. The van der Waals surface area contributed by atoms with Gasteiger partial charge in [0.1, 0.15) is 5.69 Å². The van der Waals surface area contributed by atoms with Crippen molar-refractivity contribution in [2.24, 2.45) is 0 Å². The van der Waals surface area contributed by atoms with Crippen LogP contribution >= 0.6 is 0 Å². The van der Waals surface area contributed by atoms with E-state index in [0.717, 1.165) is 16.8 Å². The Labute approximate surface area is 99.5 Å². The number of halogens is 2. The van der Waals surface area contributed by atoms with E-state index >= 15 is 0 Å². The van der Waals surface area contributed by atoms with Gasteiger partial charge in [-0.2, -0.15) is 0 Å². The largest absolute Gasteiger partial charge is 0.393 e. The first-order valence-electron chi connectivity index (χ1n) is 5.01. The van der Waals surface area contributed by atoms with E-state index in [0.29, 0.717) is 0 Å². The number of aromatic nitrogens is 2. The number of nitrogens with one attached hydrogen (secondary N) is 1. The first-order valence-corrected chi connectivity index (χ1v) is 5.01. The lowest BCUT2D eigenvalue weighted by Crippen LogP contribution is -2.31. The van der Waals surface area contributed by atoms with E-state index in [-0.39, 0.29) is 17.8 Å². The summed E-state index contributed by atoms with van der Waals surface area (Å²) in [6.45, 7) is -0.219. The number of hydrogen-bond acceptors (Lipinski definition) is 3. The summed E-state index contributed by atoms with van der Waals surface area (Å²) in [4.78, 5) is 24.4. The second kappa shape index (κ2) is 4.44. The normalized spacial score (nSPS) is 10.6. The van der Waals surface area contributed by atoms with Crippen LogP contribution in [-0.2, 0) is 6.54 Å². The lowest BCUT2D eigenvalue weighted by molar-refractivity contribution is 0.494. The fraction of sp³-hybridized carbons (Fsp3) is 0.0909. The number of hydrogen-bond donors (Lipinski definition) is 2. The molecule has 5 nitrogen and oxygen atoms in total. The Kier molecular flexibility index (Phi) is 2.97. The second-order valence-electron chi connectivity index (χ2n) is 3.68. The number of nitrogens with two attached hydrogens (primary N) is 1. The Bertz CT molecular complexity index is 706. The SMILES string of the molecule is Nc1cn(Cc2cccc(F)c2F)c(=O)[nH]c1=O. The Morgan fingerprint density at radius 3 is 2.72 bits per heavy atom. The van der Waals surface area contributed by atoms with Gasteiger partial charge < -0.3 is 5.73 Å². The molecule has 0 aliphatic rings. The average Bonchev–Trinajstić information content (AvgIpc) is 2.32. The first-order chi connectivity index (χ1) is 8.49. The van der Waals surface area contributed by atoms with Crippen LogP contribution in [0.15, 0.2) is 34.0 Å². The summed E-state index contributed by atoms with van der Waals surface area (Å²) in [6, 6.07) is 3.64. The van der Waals surface area contributed by atoms with Gasteiger partial charge in [0.25, 0.3) is 5.56 Å². The molecule has 3 N–H and O–H groups in total. The molecule has 2 rings (SSSR count). The molecule has 0 unspecified atom stereocenters. The summed E-state index contributed by atoms with van der Waals surface area (Å²) in [5, 5.41) is 0. The van der Waals surface area contributed by atoms with Gasteiger partial charge >= 0.3 is 5.69 Å². The third-order valence-corrected chi connectivity index (χ3v) is 2.41. The second-order valence-corrected chi connectivity index (χ2v) is 3.68. The molecular weight excluding hydrogens is 244 g/mol. The Hall–Kier alpha value is -2.44. The third kappa shape index (κ3) is 2.15. The molecule has 0 radical (unpaired) electrons. The van der Waals surface area contributed by atoms with Gasteiger partial charge in [0.05, 0.1) is 6.54 Å². The minimum Gasteiger partial charge on any atom is -0.393 e. The Morgan fingerprint density at radius 1 is 1.28 bits per heavy atom. The molecule has 0 bridgehead atoms. The number of anilines is 1. The van der Waals surface area contributed by atoms with Crippen molar-refractivity contribution in [2.75, 3.05) is 5.73 Å². The maximum absolute atomic E-state index is 13.4. The summed E-state index contributed by atoms with van der Waals surface area (Å²) < 4.78 is 27.4. The molecule has 7 heteroatoms. The maximum atomic E-state index is 13.4. The monoisotopic (exact) mass is 253 g/mol. The average molecular weight is 253 g/mol. The van der Waals surface area contributed by atoms with Gasteiger partial charge in [-0.15, -0.1) is 0 Å². The fourth-order valence-electron chi connectivity index (χ4n) is 1.50. The van der Waals surface area contributed by atoms with E-state index in [9.17, 15) is 18.4 Å². The zero-order valence-corrected chi connectivity index (χ0v) is 9.11. The molecule has 94 valence electrons. The summed E-state index contributed by atoms with van der Waals surface area (Å²) in [5.74, 6) is -2.04. The Morgan fingerprint density at radius 2 is 2.00 bits per heavy atom. The molecular formula is C11H9F2N3O2. The van der Waals surface area contributed by atoms with Gasteiger partial charge in [-0.3, -0.25) is 14.3 Å². The van der Waals surface area contributed by atoms with Gasteiger partial charge in [0, 0.05) is 11.8 Å². The van der Waals surface area contributed by atoms with Crippen LogP contribution in [0, 0.1) is 11.6 Å². The molecule has 0 spiro atoms. The van der Waals surface area contributed by atoms with Crippen molar-refractivity contribution < 1.29 is 8.78 Å². The highest BCUT2D eigenvalue weighted by Gasteiger charge is 2.09. The molecule has 0 atom stereocenters.